The Balaban J connectivity index is 2.27. The Morgan fingerprint density at radius 3 is 3.18 bits per heavy atom. The van der Waals surface area contributed by atoms with Gasteiger partial charge in [0.15, 0.2) is 11.5 Å². The standard InChI is InChI=1S/C10H9N5O2/c1-5-8-7(10(16)17)11-4-15(8)6-2-3-12-14-9(6)13-5/h2-5H,1H3,(H,13,14)(H,16,17)/t5-/m0/s1. The second kappa shape index (κ2) is 3.27. The molecule has 0 radical (unpaired) electrons. The second-order valence-electron chi connectivity index (χ2n) is 3.78. The molecule has 1 atom stereocenters. The summed E-state index contributed by atoms with van der Waals surface area (Å²) < 4.78 is 1.73. The summed E-state index contributed by atoms with van der Waals surface area (Å²) in [5.41, 5.74) is 1.44. The normalized spacial score (nSPS) is 16.9. The highest BCUT2D eigenvalue weighted by Crippen LogP contribution is 2.32. The molecule has 7 heteroatoms. The predicted octanol–water partition coefficient (Wildman–Crippen LogP) is 0.847. The van der Waals surface area contributed by atoms with Crippen LogP contribution < -0.4 is 5.32 Å². The largest absolute Gasteiger partial charge is 0.476 e. The summed E-state index contributed by atoms with van der Waals surface area (Å²) in [6.45, 7) is 1.86. The maximum Gasteiger partial charge on any atom is 0.356 e. The lowest BCUT2D eigenvalue weighted by molar-refractivity contribution is 0.0689. The Kier molecular flexibility index (Phi) is 1.88. The molecule has 0 spiro atoms. The number of nitrogens with zero attached hydrogens (tertiary/aromatic N) is 4. The van der Waals surface area contributed by atoms with Crippen LogP contribution >= 0.6 is 0 Å². The molecule has 3 heterocycles. The van der Waals surface area contributed by atoms with Gasteiger partial charge in [-0.2, -0.15) is 5.10 Å². The summed E-state index contributed by atoms with van der Waals surface area (Å²) in [6.07, 6.45) is 3.05. The highest BCUT2D eigenvalue weighted by Gasteiger charge is 2.28. The second-order valence-corrected chi connectivity index (χ2v) is 3.78. The Labute approximate surface area is 96.1 Å². The number of aromatic nitrogens is 4. The average Bonchev–Trinajstić information content (AvgIpc) is 2.74. The Morgan fingerprint density at radius 2 is 2.41 bits per heavy atom. The molecule has 86 valence electrons. The molecule has 0 fully saturated rings. The van der Waals surface area contributed by atoms with Crippen molar-refractivity contribution in [1.29, 1.82) is 0 Å². The molecule has 17 heavy (non-hydrogen) atoms. The number of carbonyl (C=O) groups is 1. The van der Waals surface area contributed by atoms with Crippen LogP contribution in [0.3, 0.4) is 0 Å². The summed E-state index contributed by atoms with van der Waals surface area (Å²) in [4.78, 5) is 15.0. The van der Waals surface area contributed by atoms with E-state index < -0.39 is 5.97 Å². The van der Waals surface area contributed by atoms with Crippen LogP contribution in [0, 0.1) is 0 Å². The van der Waals surface area contributed by atoms with Gasteiger partial charge in [0, 0.05) is 0 Å². The van der Waals surface area contributed by atoms with Crippen LogP contribution in [0.2, 0.25) is 0 Å². The van der Waals surface area contributed by atoms with Gasteiger partial charge in [-0.1, -0.05) is 0 Å². The minimum atomic E-state index is -1.03. The molecule has 0 saturated carbocycles. The van der Waals surface area contributed by atoms with E-state index in [9.17, 15) is 4.79 Å². The van der Waals surface area contributed by atoms with E-state index in [2.05, 4.69) is 20.5 Å². The van der Waals surface area contributed by atoms with Gasteiger partial charge in [-0.15, -0.1) is 5.10 Å². The average molecular weight is 231 g/mol. The van der Waals surface area contributed by atoms with Crippen LogP contribution in [0.4, 0.5) is 5.82 Å². The summed E-state index contributed by atoms with van der Waals surface area (Å²) in [5.74, 6) is -0.403. The van der Waals surface area contributed by atoms with E-state index >= 15 is 0 Å². The van der Waals surface area contributed by atoms with E-state index in [0.717, 1.165) is 5.69 Å². The molecule has 2 aromatic heterocycles. The van der Waals surface area contributed by atoms with Crippen LogP contribution in [0.5, 0.6) is 0 Å². The fourth-order valence-electron chi connectivity index (χ4n) is 2.02. The maximum absolute atomic E-state index is 11.1. The first kappa shape index (κ1) is 9.76. The third-order valence-electron chi connectivity index (χ3n) is 2.73. The summed E-state index contributed by atoms with van der Waals surface area (Å²) in [7, 11) is 0. The molecule has 3 rings (SSSR count). The number of carboxylic acid groups (broad SMARTS) is 1. The number of fused-ring (bicyclic) bond motifs is 3. The van der Waals surface area contributed by atoms with Gasteiger partial charge in [-0.3, -0.25) is 4.57 Å². The number of carboxylic acids is 1. The van der Waals surface area contributed by atoms with Gasteiger partial charge in [0.05, 0.1) is 23.6 Å². The fraction of sp³-hybridized carbons (Fsp3) is 0.200. The minimum absolute atomic E-state index is 0.0625. The van der Waals surface area contributed by atoms with Crippen LogP contribution in [-0.4, -0.2) is 30.8 Å². The Morgan fingerprint density at radius 1 is 1.59 bits per heavy atom. The zero-order valence-corrected chi connectivity index (χ0v) is 8.95. The molecule has 0 aliphatic carbocycles. The lowest BCUT2D eigenvalue weighted by atomic mass is 10.1. The van der Waals surface area contributed by atoms with Crippen LogP contribution in [0.1, 0.15) is 29.1 Å². The van der Waals surface area contributed by atoms with E-state index in [0.29, 0.717) is 11.5 Å². The molecular weight excluding hydrogens is 222 g/mol. The number of nitrogens with one attached hydrogen (secondary N) is 1. The summed E-state index contributed by atoms with van der Waals surface area (Å²) in [5, 5.41) is 19.9. The molecular formula is C10H9N5O2. The fourth-order valence-corrected chi connectivity index (χ4v) is 2.02. The highest BCUT2D eigenvalue weighted by atomic mass is 16.4. The Bertz CT molecular complexity index is 606. The van der Waals surface area contributed by atoms with E-state index in [1.807, 2.05) is 6.92 Å². The number of anilines is 1. The van der Waals surface area contributed by atoms with Crippen molar-refractivity contribution < 1.29 is 9.90 Å². The van der Waals surface area contributed by atoms with E-state index in [1.165, 1.54) is 6.33 Å². The monoisotopic (exact) mass is 231 g/mol. The van der Waals surface area contributed by atoms with Crippen LogP contribution in [0.25, 0.3) is 5.69 Å². The van der Waals surface area contributed by atoms with Gasteiger partial charge < -0.3 is 10.4 Å². The molecule has 2 aromatic rings. The quantitative estimate of drug-likeness (QED) is 0.755. The predicted molar refractivity (Wildman–Crippen MR) is 58.2 cm³/mol. The first-order valence-corrected chi connectivity index (χ1v) is 5.07. The molecule has 0 unspecified atom stereocenters. The molecule has 0 amide bonds. The van der Waals surface area contributed by atoms with Gasteiger partial charge in [0.25, 0.3) is 0 Å². The van der Waals surface area contributed by atoms with Gasteiger partial charge in [0.1, 0.15) is 6.33 Å². The third-order valence-corrected chi connectivity index (χ3v) is 2.73. The van der Waals surface area contributed by atoms with E-state index in [4.69, 9.17) is 5.11 Å². The van der Waals surface area contributed by atoms with Gasteiger partial charge in [0.2, 0.25) is 0 Å². The number of rotatable bonds is 1. The number of hydrogen-bond donors (Lipinski definition) is 2. The summed E-state index contributed by atoms with van der Waals surface area (Å²) in [6, 6.07) is 1.59. The molecule has 0 saturated heterocycles. The SMILES string of the molecule is C[C@@H]1Nc2nnccc2-n2cnc(C(=O)O)c21. The van der Waals surface area contributed by atoms with Crippen molar-refractivity contribution in [2.45, 2.75) is 13.0 Å². The van der Waals surface area contributed by atoms with Crippen LogP contribution in [-0.2, 0) is 0 Å². The van der Waals surface area contributed by atoms with E-state index in [1.54, 1.807) is 16.8 Å². The third kappa shape index (κ3) is 1.28. The molecule has 2 N–H and O–H groups in total. The summed E-state index contributed by atoms with van der Waals surface area (Å²) >= 11 is 0. The molecule has 0 bridgehead atoms. The van der Waals surface area contributed by atoms with Crippen LogP contribution in [0.15, 0.2) is 18.6 Å². The van der Waals surface area contributed by atoms with Crippen molar-refractivity contribution in [3.05, 3.63) is 30.0 Å². The van der Waals surface area contributed by atoms with Gasteiger partial charge in [-0.25, -0.2) is 9.78 Å². The van der Waals surface area contributed by atoms with Gasteiger partial charge >= 0.3 is 5.97 Å². The number of hydrogen-bond acceptors (Lipinski definition) is 5. The lowest BCUT2D eigenvalue weighted by Gasteiger charge is -2.24. The van der Waals surface area contributed by atoms with Crippen molar-refractivity contribution in [3.63, 3.8) is 0 Å². The first-order valence-electron chi connectivity index (χ1n) is 5.07. The topological polar surface area (TPSA) is 92.9 Å². The zero-order valence-electron chi connectivity index (χ0n) is 8.95. The number of imidazole rings is 1. The molecule has 1 aliphatic rings. The zero-order chi connectivity index (χ0) is 12.0. The van der Waals surface area contributed by atoms with Crippen molar-refractivity contribution in [2.24, 2.45) is 0 Å². The first-order chi connectivity index (χ1) is 8.18. The van der Waals surface area contributed by atoms with Crippen molar-refractivity contribution in [1.82, 2.24) is 19.7 Å². The highest BCUT2D eigenvalue weighted by molar-refractivity contribution is 5.87. The Hall–Kier alpha value is -2.44. The number of aromatic carboxylic acids is 1. The van der Waals surface area contributed by atoms with Crippen molar-refractivity contribution >= 4 is 11.8 Å². The smallest absolute Gasteiger partial charge is 0.356 e. The molecule has 7 nitrogen and oxygen atoms in total. The molecule has 1 aliphatic heterocycles. The lowest BCUT2D eigenvalue weighted by Crippen LogP contribution is -2.22. The van der Waals surface area contributed by atoms with Crippen molar-refractivity contribution in [3.8, 4) is 5.69 Å². The molecule has 0 aromatic carbocycles. The maximum atomic E-state index is 11.1. The van der Waals surface area contributed by atoms with Crippen molar-refractivity contribution in [2.75, 3.05) is 5.32 Å². The minimum Gasteiger partial charge on any atom is -0.476 e. The van der Waals surface area contributed by atoms with Gasteiger partial charge in [-0.05, 0) is 13.0 Å². The van der Waals surface area contributed by atoms with E-state index in [-0.39, 0.29) is 11.7 Å².